The summed E-state index contributed by atoms with van der Waals surface area (Å²) in [6.07, 6.45) is 0. The lowest BCUT2D eigenvalue weighted by atomic mass is 10.1. The van der Waals surface area contributed by atoms with Crippen molar-refractivity contribution in [1.82, 2.24) is 5.32 Å². The van der Waals surface area contributed by atoms with Gasteiger partial charge in [0.25, 0.3) is 0 Å². The summed E-state index contributed by atoms with van der Waals surface area (Å²) < 4.78 is 5.69. The van der Waals surface area contributed by atoms with E-state index >= 15 is 0 Å². The largest absolute Gasteiger partial charge is 0.480 e. The average molecular weight is 302 g/mol. The van der Waals surface area contributed by atoms with E-state index in [4.69, 9.17) is 4.74 Å². The van der Waals surface area contributed by atoms with E-state index in [9.17, 15) is 9.90 Å². The number of halogens is 1. The molecule has 5 heteroatoms. The molecule has 1 aromatic carbocycles. The molecule has 0 aromatic heterocycles. The van der Waals surface area contributed by atoms with Crippen molar-refractivity contribution in [3.05, 3.63) is 33.8 Å². The van der Waals surface area contributed by atoms with E-state index in [2.05, 4.69) is 21.2 Å². The quantitative estimate of drug-likeness (QED) is 0.790. The number of rotatable bonds is 6. The van der Waals surface area contributed by atoms with Crippen molar-refractivity contribution in [3.8, 4) is 0 Å². The molecule has 0 spiro atoms. The molecule has 1 atom stereocenters. The number of carbonyl (C=O) groups is 1. The van der Waals surface area contributed by atoms with E-state index in [1.807, 2.05) is 25.1 Å². The first-order valence-electron chi connectivity index (χ1n) is 5.27. The normalized spacial score (nSPS) is 12.4. The molecule has 0 aliphatic carbocycles. The van der Waals surface area contributed by atoms with Crippen LogP contribution in [0, 0.1) is 6.92 Å². The molecule has 0 saturated carbocycles. The SMILES string of the molecule is COCCNC(C(=O)O)c1ccc(C)cc1Br. The Balaban J connectivity index is 2.86. The molecule has 0 amide bonds. The first-order chi connectivity index (χ1) is 8.06. The van der Waals surface area contributed by atoms with Crippen LogP contribution >= 0.6 is 15.9 Å². The second-order valence-corrected chi connectivity index (χ2v) is 4.60. The van der Waals surface area contributed by atoms with Gasteiger partial charge in [-0.15, -0.1) is 0 Å². The lowest BCUT2D eigenvalue weighted by molar-refractivity contribution is -0.139. The lowest BCUT2D eigenvalue weighted by Gasteiger charge is -2.16. The van der Waals surface area contributed by atoms with E-state index in [0.29, 0.717) is 13.2 Å². The Hall–Kier alpha value is -0.910. The highest BCUT2D eigenvalue weighted by atomic mass is 79.9. The number of carboxylic acid groups (broad SMARTS) is 1. The molecule has 17 heavy (non-hydrogen) atoms. The fourth-order valence-corrected chi connectivity index (χ4v) is 2.22. The highest BCUT2D eigenvalue weighted by Gasteiger charge is 2.21. The van der Waals surface area contributed by atoms with Crippen molar-refractivity contribution < 1.29 is 14.6 Å². The summed E-state index contributed by atoms with van der Waals surface area (Å²) in [4.78, 5) is 11.2. The highest BCUT2D eigenvalue weighted by molar-refractivity contribution is 9.10. The van der Waals surface area contributed by atoms with Crippen molar-refractivity contribution in [2.45, 2.75) is 13.0 Å². The number of nitrogens with one attached hydrogen (secondary N) is 1. The molecule has 1 aromatic rings. The van der Waals surface area contributed by atoms with Crippen LogP contribution in [0.5, 0.6) is 0 Å². The summed E-state index contributed by atoms with van der Waals surface area (Å²) in [6.45, 7) is 2.93. The fourth-order valence-electron chi connectivity index (χ4n) is 1.50. The minimum atomic E-state index is -0.898. The Bertz CT molecular complexity index is 395. The molecule has 2 N–H and O–H groups in total. The third kappa shape index (κ3) is 4.11. The molecule has 0 bridgehead atoms. The number of aliphatic carboxylic acids is 1. The Morgan fingerprint density at radius 2 is 2.29 bits per heavy atom. The van der Waals surface area contributed by atoms with Gasteiger partial charge in [0.1, 0.15) is 6.04 Å². The van der Waals surface area contributed by atoms with Crippen LogP contribution in [-0.4, -0.2) is 31.3 Å². The zero-order valence-electron chi connectivity index (χ0n) is 9.87. The Kier molecular flexibility index (Phi) is 5.61. The van der Waals surface area contributed by atoms with Gasteiger partial charge < -0.3 is 9.84 Å². The molecule has 0 aliphatic rings. The lowest BCUT2D eigenvalue weighted by Crippen LogP contribution is -2.31. The van der Waals surface area contributed by atoms with Crippen LogP contribution in [0.25, 0.3) is 0 Å². The van der Waals surface area contributed by atoms with Crippen molar-refractivity contribution >= 4 is 21.9 Å². The molecule has 0 fully saturated rings. The van der Waals surface area contributed by atoms with Crippen molar-refractivity contribution in [3.63, 3.8) is 0 Å². The predicted octanol–water partition coefficient (Wildman–Crippen LogP) is 2.12. The maximum Gasteiger partial charge on any atom is 0.325 e. The van der Waals surface area contributed by atoms with Crippen molar-refractivity contribution in [2.24, 2.45) is 0 Å². The molecule has 94 valence electrons. The van der Waals surface area contributed by atoms with E-state index in [-0.39, 0.29) is 0 Å². The molecule has 1 unspecified atom stereocenters. The summed E-state index contributed by atoms with van der Waals surface area (Å²) in [5.41, 5.74) is 1.81. The topological polar surface area (TPSA) is 58.6 Å². The van der Waals surface area contributed by atoms with Crippen LogP contribution in [-0.2, 0) is 9.53 Å². The average Bonchev–Trinajstić information content (AvgIpc) is 2.25. The Morgan fingerprint density at radius 3 is 2.82 bits per heavy atom. The van der Waals surface area contributed by atoms with Crippen molar-refractivity contribution in [2.75, 3.05) is 20.3 Å². The van der Waals surface area contributed by atoms with Gasteiger partial charge in [-0.2, -0.15) is 0 Å². The van der Waals surface area contributed by atoms with Gasteiger partial charge in [-0.3, -0.25) is 10.1 Å². The molecule has 0 radical (unpaired) electrons. The summed E-state index contributed by atoms with van der Waals surface area (Å²) in [6, 6.07) is 4.90. The van der Waals surface area contributed by atoms with Gasteiger partial charge in [0.05, 0.1) is 6.61 Å². The molecule has 0 aliphatic heterocycles. The van der Waals surface area contributed by atoms with Gasteiger partial charge in [-0.25, -0.2) is 0 Å². The maximum atomic E-state index is 11.2. The van der Waals surface area contributed by atoms with Crippen LogP contribution in [0.4, 0.5) is 0 Å². The van der Waals surface area contributed by atoms with Crippen LogP contribution in [0.2, 0.25) is 0 Å². The van der Waals surface area contributed by atoms with Gasteiger partial charge in [-0.05, 0) is 24.1 Å². The predicted molar refractivity (Wildman–Crippen MR) is 69.1 cm³/mol. The number of hydrogen-bond donors (Lipinski definition) is 2. The number of hydrogen-bond acceptors (Lipinski definition) is 3. The molecule has 1 rings (SSSR count). The minimum Gasteiger partial charge on any atom is -0.480 e. The van der Waals surface area contributed by atoms with Crippen molar-refractivity contribution in [1.29, 1.82) is 0 Å². The van der Waals surface area contributed by atoms with Crippen LogP contribution in [0.15, 0.2) is 22.7 Å². The van der Waals surface area contributed by atoms with E-state index in [1.54, 1.807) is 7.11 Å². The monoisotopic (exact) mass is 301 g/mol. The minimum absolute atomic E-state index is 0.479. The highest BCUT2D eigenvalue weighted by Crippen LogP contribution is 2.24. The Morgan fingerprint density at radius 1 is 1.59 bits per heavy atom. The number of aryl methyl sites for hydroxylation is 1. The number of methoxy groups -OCH3 is 1. The molecule has 4 nitrogen and oxygen atoms in total. The van der Waals surface area contributed by atoms with Gasteiger partial charge in [0, 0.05) is 18.1 Å². The number of carboxylic acids is 1. The molecule has 0 saturated heterocycles. The zero-order valence-corrected chi connectivity index (χ0v) is 11.5. The third-order valence-corrected chi connectivity index (χ3v) is 3.06. The third-order valence-electron chi connectivity index (χ3n) is 2.37. The molecular formula is C12H16BrNO3. The van der Waals surface area contributed by atoms with E-state index in [1.165, 1.54) is 0 Å². The zero-order chi connectivity index (χ0) is 12.8. The smallest absolute Gasteiger partial charge is 0.325 e. The summed E-state index contributed by atoms with van der Waals surface area (Å²) in [5, 5.41) is 12.1. The first-order valence-corrected chi connectivity index (χ1v) is 6.06. The first kappa shape index (κ1) is 14.2. The van der Waals surface area contributed by atoms with Gasteiger partial charge in [-0.1, -0.05) is 28.1 Å². The Labute approximate surface area is 109 Å². The summed E-state index contributed by atoms with van der Waals surface area (Å²) >= 11 is 3.39. The summed E-state index contributed by atoms with van der Waals surface area (Å²) in [7, 11) is 1.58. The van der Waals surface area contributed by atoms with E-state index in [0.717, 1.165) is 15.6 Å². The maximum absolute atomic E-state index is 11.2. The molecular weight excluding hydrogens is 286 g/mol. The number of benzene rings is 1. The van der Waals surface area contributed by atoms with Gasteiger partial charge in [0.15, 0.2) is 0 Å². The molecule has 0 heterocycles. The van der Waals surface area contributed by atoms with Crippen LogP contribution in [0.1, 0.15) is 17.2 Å². The second kappa shape index (κ2) is 6.74. The standard InChI is InChI=1S/C12H16BrNO3/c1-8-3-4-9(10(13)7-8)11(12(15)16)14-5-6-17-2/h3-4,7,11,14H,5-6H2,1-2H3,(H,15,16). The van der Waals surface area contributed by atoms with Gasteiger partial charge in [0.2, 0.25) is 0 Å². The number of ether oxygens (including phenoxy) is 1. The summed E-state index contributed by atoms with van der Waals surface area (Å²) in [5.74, 6) is -0.898. The fraction of sp³-hybridized carbons (Fsp3) is 0.417. The van der Waals surface area contributed by atoms with Gasteiger partial charge >= 0.3 is 5.97 Å². The van der Waals surface area contributed by atoms with Crippen LogP contribution in [0.3, 0.4) is 0 Å². The van der Waals surface area contributed by atoms with Crippen LogP contribution < -0.4 is 5.32 Å². The second-order valence-electron chi connectivity index (χ2n) is 3.74. The van der Waals surface area contributed by atoms with E-state index < -0.39 is 12.0 Å².